The molecule has 0 aromatic heterocycles. The highest BCUT2D eigenvalue weighted by molar-refractivity contribution is 8.13. The van der Waals surface area contributed by atoms with Gasteiger partial charge >= 0.3 is 0 Å². The molecule has 0 aromatic rings. The monoisotopic (exact) mass is 192 g/mol. The molecule has 0 N–H and O–H groups in total. The van der Waals surface area contributed by atoms with Gasteiger partial charge in [0.05, 0.1) is 14.2 Å². The maximum atomic E-state index is 5.07. The van der Waals surface area contributed by atoms with E-state index in [2.05, 4.69) is 9.53 Å². The van der Waals surface area contributed by atoms with Gasteiger partial charge in [-0.05, 0) is 11.8 Å². The molecule has 4 nitrogen and oxygen atoms in total. The van der Waals surface area contributed by atoms with E-state index in [0.29, 0.717) is 11.8 Å². The van der Waals surface area contributed by atoms with Crippen molar-refractivity contribution in [2.75, 3.05) is 20.9 Å². The Morgan fingerprint density at radius 2 is 1.55 bits per heavy atom. The molecule has 11 heavy (non-hydrogen) atoms. The molecule has 1 rings (SSSR count). The van der Waals surface area contributed by atoms with Crippen molar-refractivity contribution in [1.82, 2.24) is 0 Å². The molecule has 1 aliphatic rings. The minimum Gasteiger partial charge on any atom is -0.477 e. The van der Waals surface area contributed by atoms with Crippen molar-refractivity contribution in [3.63, 3.8) is 0 Å². The molecule has 0 unspecified atom stereocenters. The number of rotatable bonds is 0. The Bertz CT molecular complexity index is 250. The van der Waals surface area contributed by atoms with E-state index in [4.69, 9.17) is 21.3 Å². The Balaban J connectivity index is 2.98. The van der Waals surface area contributed by atoms with Gasteiger partial charge in [-0.1, -0.05) is 0 Å². The molecule has 0 aliphatic carbocycles. The third kappa shape index (κ3) is 1.79. The Labute approximate surface area is 70.4 Å². The molecular formula is C5H9N2O2PS. The molecule has 0 saturated heterocycles. The quantitative estimate of drug-likeness (QED) is 0.538. The lowest BCUT2D eigenvalue weighted by Gasteiger charge is -1.98. The zero-order chi connectivity index (χ0) is 8.48. The summed E-state index contributed by atoms with van der Waals surface area (Å²) in [6.07, 6.45) is -1.93. The van der Waals surface area contributed by atoms with Gasteiger partial charge in [-0.25, -0.2) is 0 Å². The average molecular weight is 192 g/mol. The van der Waals surface area contributed by atoms with E-state index in [1.54, 1.807) is 0 Å². The Kier molecular flexibility index (Phi) is 2.30. The predicted molar refractivity (Wildman–Crippen MR) is 49.1 cm³/mol. The van der Waals surface area contributed by atoms with Gasteiger partial charge in [0.2, 0.25) is 0 Å². The minimum atomic E-state index is -1.93. The second-order valence-corrected chi connectivity index (χ2v) is 6.20. The highest BCUT2D eigenvalue weighted by Crippen LogP contribution is 2.48. The molecule has 1 aliphatic heterocycles. The third-order valence-electron chi connectivity index (χ3n) is 1.12. The summed E-state index contributed by atoms with van der Waals surface area (Å²) in [5.41, 5.74) is 0. The Hall–Kier alpha value is -0.410. The molecular weight excluding hydrogens is 183 g/mol. The molecule has 0 radical (unpaired) electrons. The van der Waals surface area contributed by atoms with Gasteiger partial charge < -0.3 is 9.47 Å². The van der Waals surface area contributed by atoms with Gasteiger partial charge in [0.1, 0.15) is 0 Å². The Morgan fingerprint density at radius 1 is 1.18 bits per heavy atom. The number of methoxy groups -OCH3 is 2. The minimum absolute atomic E-state index is 0.415. The molecule has 1 heterocycles. The molecule has 0 atom stereocenters. The molecule has 62 valence electrons. The van der Waals surface area contributed by atoms with Crippen LogP contribution in [0, 0.1) is 0 Å². The number of hydrogen-bond donors (Lipinski definition) is 0. The summed E-state index contributed by atoms with van der Waals surface area (Å²) in [5.74, 6) is 0.830. The fourth-order valence-electron chi connectivity index (χ4n) is 0.701. The van der Waals surface area contributed by atoms with Crippen LogP contribution in [0.4, 0.5) is 0 Å². The van der Waals surface area contributed by atoms with E-state index in [9.17, 15) is 0 Å². The van der Waals surface area contributed by atoms with Crippen LogP contribution in [0.25, 0.3) is 0 Å². The molecule has 0 fully saturated rings. The van der Waals surface area contributed by atoms with Crippen molar-refractivity contribution in [3.05, 3.63) is 0 Å². The second-order valence-electron chi connectivity index (χ2n) is 2.05. The number of ether oxygens (including phenoxy) is 2. The lowest BCUT2D eigenvalue weighted by atomic mass is 10.6. The first kappa shape index (κ1) is 8.68. The molecule has 0 spiro atoms. The van der Waals surface area contributed by atoms with Crippen molar-refractivity contribution < 1.29 is 9.47 Å². The SMILES string of the molecule is COC1=NP(C)(=S)N=C1OC. The number of nitrogens with zero attached hydrogens (tertiary/aromatic N) is 2. The van der Waals surface area contributed by atoms with Crippen LogP contribution >= 0.6 is 6.34 Å². The van der Waals surface area contributed by atoms with E-state index >= 15 is 0 Å². The molecule has 0 amide bonds. The lowest BCUT2D eigenvalue weighted by Crippen LogP contribution is -2.14. The van der Waals surface area contributed by atoms with E-state index in [-0.39, 0.29) is 0 Å². The first-order valence-electron chi connectivity index (χ1n) is 2.95. The molecule has 0 bridgehead atoms. The van der Waals surface area contributed by atoms with Gasteiger partial charge in [0.25, 0.3) is 11.8 Å². The third-order valence-corrected chi connectivity index (χ3v) is 2.72. The highest BCUT2D eigenvalue weighted by Gasteiger charge is 2.24. The maximum absolute atomic E-state index is 5.07. The van der Waals surface area contributed by atoms with Crippen LogP contribution in [0.2, 0.25) is 0 Å². The van der Waals surface area contributed by atoms with Gasteiger partial charge in [0.15, 0.2) is 6.34 Å². The van der Waals surface area contributed by atoms with Crippen molar-refractivity contribution in [1.29, 1.82) is 0 Å². The van der Waals surface area contributed by atoms with Gasteiger partial charge in [-0.15, -0.1) is 0 Å². The maximum Gasteiger partial charge on any atom is 0.279 e. The first-order chi connectivity index (χ1) is 5.09. The van der Waals surface area contributed by atoms with E-state index < -0.39 is 6.34 Å². The summed E-state index contributed by atoms with van der Waals surface area (Å²) in [6, 6.07) is 0. The van der Waals surface area contributed by atoms with Crippen LogP contribution in [0.5, 0.6) is 0 Å². The van der Waals surface area contributed by atoms with Crippen molar-refractivity contribution in [2.24, 2.45) is 9.53 Å². The summed E-state index contributed by atoms with van der Waals surface area (Å²) in [5, 5.41) is 0. The van der Waals surface area contributed by atoms with Crippen molar-refractivity contribution in [3.8, 4) is 0 Å². The van der Waals surface area contributed by atoms with Crippen LogP contribution in [0.1, 0.15) is 0 Å². The van der Waals surface area contributed by atoms with Crippen LogP contribution < -0.4 is 0 Å². The topological polar surface area (TPSA) is 43.2 Å². The number of hydrogen-bond acceptors (Lipinski definition) is 3. The molecule has 0 saturated carbocycles. The van der Waals surface area contributed by atoms with Crippen LogP contribution in [-0.2, 0) is 21.3 Å². The predicted octanol–water partition coefficient (Wildman–Crippen LogP) is 1.03. The normalized spacial score (nSPS) is 20.6. The largest absolute Gasteiger partial charge is 0.477 e. The zero-order valence-corrected chi connectivity index (χ0v) is 8.28. The van der Waals surface area contributed by atoms with Crippen LogP contribution in [0.3, 0.4) is 0 Å². The van der Waals surface area contributed by atoms with E-state index in [1.165, 1.54) is 14.2 Å². The first-order valence-corrected chi connectivity index (χ1v) is 6.11. The van der Waals surface area contributed by atoms with Gasteiger partial charge in [0, 0.05) is 6.66 Å². The van der Waals surface area contributed by atoms with Crippen LogP contribution in [0.15, 0.2) is 9.53 Å². The van der Waals surface area contributed by atoms with Gasteiger partial charge in [-0.2, -0.15) is 9.53 Å². The highest BCUT2D eigenvalue weighted by atomic mass is 32.4. The summed E-state index contributed by atoms with van der Waals surface area (Å²) in [4.78, 5) is 0. The fourth-order valence-corrected chi connectivity index (χ4v) is 2.20. The Morgan fingerprint density at radius 3 is 1.82 bits per heavy atom. The fraction of sp³-hybridized carbons (Fsp3) is 0.600. The molecule has 6 heteroatoms. The van der Waals surface area contributed by atoms with Crippen molar-refractivity contribution in [2.45, 2.75) is 0 Å². The van der Waals surface area contributed by atoms with E-state index in [0.717, 1.165) is 0 Å². The summed E-state index contributed by atoms with van der Waals surface area (Å²) < 4.78 is 18.0. The second kappa shape index (κ2) is 2.91. The zero-order valence-electron chi connectivity index (χ0n) is 6.57. The molecule has 0 aromatic carbocycles. The summed E-state index contributed by atoms with van der Waals surface area (Å²) in [6.45, 7) is 1.81. The summed E-state index contributed by atoms with van der Waals surface area (Å²) >= 11 is 5.07. The van der Waals surface area contributed by atoms with E-state index in [1.807, 2.05) is 6.66 Å². The van der Waals surface area contributed by atoms with Gasteiger partial charge in [-0.3, -0.25) is 0 Å². The lowest BCUT2D eigenvalue weighted by molar-refractivity contribution is 0.371. The summed E-state index contributed by atoms with van der Waals surface area (Å²) in [7, 11) is 3.04. The standard InChI is InChI=1S/C5H9N2O2PS/c1-8-4-5(9-2)7-10(3,11)6-4/h1-3H3. The van der Waals surface area contributed by atoms with Crippen molar-refractivity contribution >= 4 is 29.9 Å². The smallest absolute Gasteiger partial charge is 0.279 e. The average Bonchev–Trinajstić information content (AvgIpc) is 2.25. The van der Waals surface area contributed by atoms with Crippen LogP contribution in [-0.4, -0.2) is 32.7 Å².